The maximum absolute atomic E-state index is 8.90. The van der Waals surface area contributed by atoms with Crippen molar-refractivity contribution in [1.29, 1.82) is 5.26 Å². The van der Waals surface area contributed by atoms with Crippen LogP contribution in [0.4, 0.5) is 0 Å². The first kappa shape index (κ1) is 15.5. The summed E-state index contributed by atoms with van der Waals surface area (Å²) in [6.07, 6.45) is 1.75. The zero-order valence-corrected chi connectivity index (χ0v) is 11.9. The molecule has 19 heavy (non-hydrogen) atoms. The van der Waals surface area contributed by atoms with Gasteiger partial charge in [-0.15, -0.1) is 0 Å². The Hall–Kier alpha value is -1.57. The highest BCUT2D eigenvalue weighted by Gasteiger charge is 2.20. The van der Waals surface area contributed by atoms with E-state index in [4.69, 9.17) is 20.5 Å². The van der Waals surface area contributed by atoms with Gasteiger partial charge in [-0.3, -0.25) is 0 Å². The number of rotatable bonds is 7. The highest BCUT2D eigenvalue weighted by molar-refractivity contribution is 5.41. The van der Waals surface area contributed by atoms with E-state index in [1.165, 1.54) is 0 Å². The second-order valence-corrected chi connectivity index (χ2v) is 4.70. The zero-order chi connectivity index (χ0) is 14.3. The minimum Gasteiger partial charge on any atom is -0.496 e. The Kier molecular flexibility index (Phi) is 5.81. The standard InChI is InChI=1S/C15H22N2O2/c1-4-15(17,5-2)11-19-10-13-8-12(9-16)6-7-14(13)18-3/h6-8H,4-5,10-11,17H2,1-3H3. The van der Waals surface area contributed by atoms with Crippen molar-refractivity contribution in [3.63, 3.8) is 0 Å². The van der Waals surface area contributed by atoms with E-state index in [9.17, 15) is 0 Å². The monoisotopic (exact) mass is 262 g/mol. The third-order valence-corrected chi connectivity index (χ3v) is 3.46. The molecule has 0 bridgehead atoms. The van der Waals surface area contributed by atoms with E-state index in [0.29, 0.717) is 18.8 Å². The Morgan fingerprint density at radius 2 is 2.00 bits per heavy atom. The lowest BCUT2D eigenvalue weighted by Gasteiger charge is -2.26. The van der Waals surface area contributed by atoms with E-state index in [0.717, 1.165) is 24.2 Å². The molecule has 0 spiro atoms. The summed E-state index contributed by atoms with van der Waals surface area (Å²) >= 11 is 0. The van der Waals surface area contributed by atoms with Gasteiger partial charge in [-0.1, -0.05) is 13.8 Å². The Morgan fingerprint density at radius 3 is 2.53 bits per heavy atom. The van der Waals surface area contributed by atoms with Crippen molar-refractivity contribution in [2.24, 2.45) is 5.73 Å². The number of nitriles is 1. The second kappa shape index (κ2) is 7.13. The molecular formula is C15H22N2O2. The van der Waals surface area contributed by atoms with Crippen LogP contribution in [0.3, 0.4) is 0 Å². The maximum atomic E-state index is 8.90. The predicted molar refractivity (Wildman–Crippen MR) is 74.9 cm³/mol. The Balaban J connectivity index is 2.69. The van der Waals surface area contributed by atoms with Crippen molar-refractivity contribution in [2.75, 3.05) is 13.7 Å². The molecule has 0 aliphatic carbocycles. The first-order valence-corrected chi connectivity index (χ1v) is 6.52. The van der Waals surface area contributed by atoms with Gasteiger partial charge in [-0.25, -0.2) is 0 Å². The highest BCUT2D eigenvalue weighted by Crippen LogP contribution is 2.21. The van der Waals surface area contributed by atoms with Crippen LogP contribution in [0.15, 0.2) is 18.2 Å². The number of benzene rings is 1. The van der Waals surface area contributed by atoms with Gasteiger partial charge in [0.2, 0.25) is 0 Å². The lowest BCUT2D eigenvalue weighted by atomic mass is 9.96. The molecule has 0 heterocycles. The zero-order valence-electron chi connectivity index (χ0n) is 11.9. The Labute approximate surface area is 115 Å². The van der Waals surface area contributed by atoms with Crippen molar-refractivity contribution in [3.05, 3.63) is 29.3 Å². The molecule has 4 nitrogen and oxygen atoms in total. The van der Waals surface area contributed by atoms with Crippen LogP contribution in [-0.4, -0.2) is 19.3 Å². The number of nitrogens with zero attached hydrogens (tertiary/aromatic N) is 1. The summed E-state index contributed by atoms with van der Waals surface area (Å²) in [6.45, 7) is 5.02. The summed E-state index contributed by atoms with van der Waals surface area (Å²) < 4.78 is 11.0. The number of hydrogen-bond donors (Lipinski definition) is 1. The van der Waals surface area contributed by atoms with Gasteiger partial charge in [-0.05, 0) is 31.0 Å². The summed E-state index contributed by atoms with van der Waals surface area (Å²) in [5, 5.41) is 8.90. The van der Waals surface area contributed by atoms with E-state index in [2.05, 4.69) is 19.9 Å². The smallest absolute Gasteiger partial charge is 0.124 e. The Bertz CT molecular complexity index is 448. The van der Waals surface area contributed by atoms with Crippen LogP contribution in [0, 0.1) is 11.3 Å². The molecule has 104 valence electrons. The average Bonchev–Trinajstić information content (AvgIpc) is 2.46. The van der Waals surface area contributed by atoms with Crippen molar-refractivity contribution in [2.45, 2.75) is 38.8 Å². The van der Waals surface area contributed by atoms with E-state index < -0.39 is 0 Å². The van der Waals surface area contributed by atoms with Gasteiger partial charge >= 0.3 is 0 Å². The SMILES string of the molecule is CCC(N)(CC)COCc1cc(C#N)ccc1OC. The molecule has 2 N–H and O–H groups in total. The molecule has 0 aromatic heterocycles. The molecule has 0 saturated carbocycles. The molecule has 0 aliphatic rings. The van der Waals surface area contributed by atoms with Gasteiger partial charge in [-0.2, -0.15) is 5.26 Å². The number of methoxy groups -OCH3 is 1. The summed E-state index contributed by atoms with van der Waals surface area (Å²) in [5.41, 5.74) is 7.37. The van der Waals surface area contributed by atoms with Crippen molar-refractivity contribution in [1.82, 2.24) is 0 Å². The molecule has 1 rings (SSSR count). The van der Waals surface area contributed by atoms with E-state index in [1.807, 2.05) is 0 Å². The Morgan fingerprint density at radius 1 is 1.32 bits per heavy atom. The summed E-state index contributed by atoms with van der Waals surface area (Å²) in [6, 6.07) is 7.41. The molecule has 1 aromatic carbocycles. The van der Waals surface area contributed by atoms with Crippen molar-refractivity contribution in [3.8, 4) is 11.8 Å². The van der Waals surface area contributed by atoms with Crippen LogP contribution in [0.25, 0.3) is 0 Å². The number of nitrogens with two attached hydrogens (primary N) is 1. The fourth-order valence-corrected chi connectivity index (χ4v) is 1.78. The first-order chi connectivity index (χ1) is 9.08. The topological polar surface area (TPSA) is 68.3 Å². The molecule has 1 aromatic rings. The van der Waals surface area contributed by atoms with Gasteiger partial charge in [0.1, 0.15) is 5.75 Å². The maximum Gasteiger partial charge on any atom is 0.124 e. The normalized spacial score (nSPS) is 11.1. The average molecular weight is 262 g/mol. The van der Waals surface area contributed by atoms with Gasteiger partial charge in [0.25, 0.3) is 0 Å². The lowest BCUT2D eigenvalue weighted by Crippen LogP contribution is -2.43. The van der Waals surface area contributed by atoms with E-state index >= 15 is 0 Å². The minimum atomic E-state index is -0.278. The van der Waals surface area contributed by atoms with Crippen LogP contribution in [0.5, 0.6) is 5.75 Å². The van der Waals surface area contributed by atoms with Crippen LogP contribution < -0.4 is 10.5 Å². The number of hydrogen-bond acceptors (Lipinski definition) is 4. The summed E-state index contributed by atoms with van der Waals surface area (Å²) in [4.78, 5) is 0. The lowest BCUT2D eigenvalue weighted by molar-refractivity contribution is 0.0684. The quantitative estimate of drug-likeness (QED) is 0.820. The van der Waals surface area contributed by atoms with Crippen LogP contribution in [-0.2, 0) is 11.3 Å². The fraction of sp³-hybridized carbons (Fsp3) is 0.533. The third kappa shape index (κ3) is 4.23. The summed E-state index contributed by atoms with van der Waals surface area (Å²) in [7, 11) is 1.61. The molecule has 0 saturated heterocycles. The first-order valence-electron chi connectivity index (χ1n) is 6.52. The largest absolute Gasteiger partial charge is 0.496 e. The molecule has 4 heteroatoms. The molecule has 0 aliphatic heterocycles. The molecule has 0 atom stereocenters. The predicted octanol–water partition coefficient (Wildman–Crippen LogP) is 2.60. The van der Waals surface area contributed by atoms with E-state index in [1.54, 1.807) is 25.3 Å². The van der Waals surface area contributed by atoms with Crippen molar-refractivity contribution < 1.29 is 9.47 Å². The van der Waals surface area contributed by atoms with Gasteiger partial charge < -0.3 is 15.2 Å². The van der Waals surface area contributed by atoms with Gasteiger partial charge in [0.15, 0.2) is 0 Å². The molecule has 0 fully saturated rings. The second-order valence-electron chi connectivity index (χ2n) is 4.70. The fourth-order valence-electron chi connectivity index (χ4n) is 1.78. The minimum absolute atomic E-state index is 0.278. The molecular weight excluding hydrogens is 240 g/mol. The van der Waals surface area contributed by atoms with Crippen LogP contribution in [0.1, 0.15) is 37.8 Å². The highest BCUT2D eigenvalue weighted by atomic mass is 16.5. The number of ether oxygens (including phenoxy) is 2. The molecule has 0 radical (unpaired) electrons. The van der Waals surface area contributed by atoms with Gasteiger partial charge in [0.05, 0.1) is 32.0 Å². The molecule has 0 unspecified atom stereocenters. The molecule has 0 amide bonds. The third-order valence-electron chi connectivity index (χ3n) is 3.46. The van der Waals surface area contributed by atoms with E-state index in [-0.39, 0.29) is 5.54 Å². The van der Waals surface area contributed by atoms with Crippen molar-refractivity contribution >= 4 is 0 Å². The van der Waals surface area contributed by atoms with Crippen LogP contribution >= 0.6 is 0 Å². The van der Waals surface area contributed by atoms with Crippen LogP contribution in [0.2, 0.25) is 0 Å². The summed E-state index contributed by atoms with van der Waals surface area (Å²) in [5.74, 6) is 0.731. The van der Waals surface area contributed by atoms with Gasteiger partial charge in [0, 0.05) is 11.1 Å².